The maximum absolute atomic E-state index is 5.29. The first-order valence-corrected chi connectivity index (χ1v) is 9.76. The van der Waals surface area contributed by atoms with Crippen molar-refractivity contribution in [2.45, 2.75) is 50.9 Å². The highest BCUT2D eigenvalue weighted by atomic mass is 16.5. The van der Waals surface area contributed by atoms with E-state index < -0.39 is 0 Å². The molecular weight excluding hydrogens is 320 g/mol. The van der Waals surface area contributed by atoms with Crippen LogP contribution in [0, 0.1) is 0 Å². The maximum Gasteiger partial charge on any atom is 0.118 e. The lowest BCUT2D eigenvalue weighted by Crippen LogP contribution is -2.46. The van der Waals surface area contributed by atoms with Crippen molar-refractivity contribution < 1.29 is 4.74 Å². The highest BCUT2D eigenvalue weighted by Crippen LogP contribution is 2.45. The summed E-state index contributed by atoms with van der Waals surface area (Å²) in [5.41, 5.74) is 4.40. The van der Waals surface area contributed by atoms with Gasteiger partial charge in [0.2, 0.25) is 0 Å². The molecule has 0 saturated carbocycles. The van der Waals surface area contributed by atoms with Gasteiger partial charge in [-0.1, -0.05) is 50.2 Å². The highest BCUT2D eigenvalue weighted by molar-refractivity contribution is 5.36. The predicted octanol–water partition coefficient (Wildman–Crippen LogP) is 4.45. The first-order valence-electron chi connectivity index (χ1n) is 9.76. The second kappa shape index (κ2) is 7.05. The molecule has 2 aromatic rings. The average molecular weight is 351 g/mol. The Bertz CT molecular complexity index is 755. The number of likely N-dealkylation sites (tertiary alicyclic amines) is 2. The Balaban J connectivity index is 1.58. The highest BCUT2D eigenvalue weighted by Gasteiger charge is 2.49. The number of piperazine rings is 1. The van der Waals surface area contributed by atoms with Gasteiger partial charge in [0.1, 0.15) is 5.75 Å². The van der Waals surface area contributed by atoms with Crippen molar-refractivity contribution in [1.29, 1.82) is 0 Å². The third-order valence-electron chi connectivity index (χ3n) is 6.29. The summed E-state index contributed by atoms with van der Waals surface area (Å²) in [6.45, 7) is 6.81. The fourth-order valence-electron chi connectivity index (χ4n) is 4.91. The Labute approximate surface area is 157 Å². The third kappa shape index (κ3) is 3.04. The minimum atomic E-state index is 0.505. The zero-order valence-corrected chi connectivity index (χ0v) is 16.4. The minimum absolute atomic E-state index is 0.505. The molecule has 2 aliphatic rings. The van der Waals surface area contributed by atoms with Crippen LogP contribution in [0.5, 0.6) is 5.75 Å². The van der Waals surface area contributed by atoms with Gasteiger partial charge in [0.25, 0.3) is 0 Å². The van der Waals surface area contributed by atoms with Gasteiger partial charge in [0.05, 0.1) is 13.2 Å². The van der Waals surface area contributed by atoms with Crippen LogP contribution < -0.4 is 4.74 Å². The number of fused-ring (bicyclic) bond motifs is 2. The van der Waals surface area contributed by atoms with Gasteiger partial charge in [0, 0.05) is 25.2 Å². The van der Waals surface area contributed by atoms with Gasteiger partial charge in [-0.25, -0.2) is 0 Å². The van der Waals surface area contributed by atoms with Gasteiger partial charge in [-0.05, 0) is 48.2 Å². The fraction of sp³-hybridized carbons (Fsp3) is 0.478. The normalized spacial score (nSPS) is 26.0. The molecule has 2 saturated heterocycles. The van der Waals surface area contributed by atoms with Gasteiger partial charge in [-0.15, -0.1) is 0 Å². The van der Waals surface area contributed by atoms with Crippen LogP contribution in [-0.2, 0) is 6.54 Å². The van der Waals surface area contributed by atoms with E-state index in [1.165, 1.54) is 29.7 Å². The lowest BCUT2D eigenvalue weighted by Gasteiger charge is -2.40. The molecule has 3 unspecified atom stereocenters. The van der Waals surface area contributed by atoms with E-state index >= 15 is 0 Å². The standard InChI is InChI=1S/C23H30N2O/c1-16(2)20-7-5-6-8-21(20)23-22-13-18(24(23)3)15-25(22)14-17-9-11-19(26-4)12-10-17/h5-12,16,18,22-23H,13-15H2,1-4H3. The van der Waals surface area contributed by atoms with E-state index in [-0.39, 0.29) is 0 Å². The summed E-state index contributed by atoms with van der Waals surface area (Å²) in [4.78, 5) is 5.31. The van der Waals surface area contributed by atoms with Crippen molar-refractivity contribution in [3.8, 4) is 5.75 Å². The van der Waals surface area contributed by atoms with Gasteiger partial charge >= 0.3 is 0 Å². The van der Waals surface area contributed by atoms with Crippen molar-refractivity contribution in [2.75, 3.05) is 20.7 Å². The first kappa shape index (κ1) is 17.6. The Kier molecular flexibility index (Phi) is 4.76. The molecule has 4 rings (SSSR count). The Morgan fingerprint density at radius 3 is 2.46 bits per heavy atom. The minimum Gasteiger partial charge on any atom is -0.497 e. The van der Waals surface area contributed by atoms with Crippen LogP contribution in [0.25, 0.3) is 0 Å². The SMILES string of the molecule is COc1ccc(CN2CC3CC2C(c2ccccc2C(C)C)N3C)cc1. The summed E-state index contributed by atoms with van der Waals surface area (Å²) in [5, 5.41) is 0. The molecule has 0 spiro atoms. The molecule has 3 atom stereocenters. The maximum atomic E-state index is 5.29. The zero-order valence-electron chi connectivity index (χ0n) is 16.4. The van der Waals surface area contributed by atoms with Gasteiger partial charge in [-0.2, -0.15) is 0 Å². The summed E-state index contributed by atoms with van der Waals surface area (Å²) in [6, 6.07) is 19.4. The average Bonchev–Trinajstić information content (AvgIpc) is 3.20. The number of rotatable bonds is 5. The van der Waals surface area contributed by atoms with E-state index in [0.29, 0.717) is 24.0 Å². The molecular formula is C23H30N2O. The van der Waals surface area contributed by atoms with Crippen molar-refractivity contribution in [1.82, 2.24) is 9.80 Å². The zero-order chi connectivity index (χ0) is 18.3. The lowest BCUT2D eigenvalue weighted by molar-refractivity contribution is 0.0849. The van der Waals surface area contributed by atoms with Gasteiger partial charge in [-0.3, -0.25) is 9.80 Å². The van der Waals surface area contributed by atoms with Gasteiger partial charge < -0.3 is 4.74 Å². The smallest absolute Gasteiger partial charge is 0.118 e. The topological polar surface area (TPSA) is 15.7 Å². The molecule has 2 heterocycles. The molecule has 0 radical (unpaired) electrons. The van der Waals surface area contributed by atoms with Crippen LogP contribution in [-0.4, -0.2) is 42.6 Å². The molecule has 2 aromatic carbocycles. The number of hydrogen-bond donors (Lipinski definition) is 0. The largest absolute Gasteiger partial charge is 0.497 e. The van der Waals surface area contributed by atoms with Crippen LogP contribution in [0.15, 0.2) is 48.5 Å². The Morgan fingerprint density at radius 1 is 1.08 bits per heavy atom. The molecule has 2 fully saturated rings. The van der Waals surface area contributed by atoms with Crippen LogP contribution >= 0.6 is 0 Å². The number of methoxy groups -OCH3 is 1. The lowest BCUT2D eigenvalue weighted by atomic mass is 9.89. The van der Waals surface area contributed by atoms with Gasteiger partial charge in [0.15, 0.2) is 0 Å². The van der Waals surface area contributed by atoms with Crippen LogP contribution in [0.4, 0.5) is 0 Å². The van der Waals surface area contributed by atoms with E-state index in [2.05, 4.69) is 79.2 Å². The Morgan fingerprint density at radius 2 is 1.81 bits per heavy atom. The summed E-state index contributed by atoms with van der Waals surface area (Å²) >= 11 is 0. The van der Waals surface area contributed by atoms with E-state index in [0.717, 1.165) is 12.3 Å². The molecule has 2 bridgehead atoms. The quantitative estimate of drug-likeness (QED) is 0.792. The molecule has 0 N–H and O–H groups in total. The molecule has 3 nitrogen and oxygen atoms in total. The van der Waals surface area contributed by atoms with Crippen LogP contribution in [0.1, 0.15) is 48.9 Å². The molecule has 2 aliphatic heterocycles. The van der Waals surface area contributed by atoms with Crippen LogP contribution in [0.3, 0.4) is 0 Å². The van der Waals surface area contributed by atoms with Crippen molar-refractivity contribution in [3.63, 3.8) is 0 Å². The van der Waals surface area contributed by atoms with E-state index in [1.54, 1.807) is 7.11 Å². The molecule has 138 valence electrons. The Hall–Kier alpha value is -1.84. The van der Waals surface area contributed by atoms with Crippen LogP contribution in [0.2, 0.25) is 0 Å². The summed E-state index contributed by atoms with van der Waals surface area (Å²) < 4.78 is 5.29. The van der Waals surface area contributed by atoms with E-state index in [9.17, 15) is 0 Å². The van der Waals surface area contributed by atoms with Crippen molar-refractivity contribution in [2.24, 2.45) is 0 Å². The number of benzene rings is 2. The van der Waals surface area contributed by atoms with Crippen molar-refractivity contribution in [3.05, 3.63) is 65.2 Å². The summed E-state index contributed by atoms with van der Waals surface area (Å²) in [7, 11) is 4.04. The molecule has 3 heteroatoms. The fourth-order valence-corrected chi connectivity index (χ4v) is 4.91. The molecule has 0 amide bonds. The molecule has 0 aromatic heterocycles. The third-order valence-corrected chi connectivity index (χ3v) is 6.29. The number of nitrogens with zero attached hydrogens (tertiary/aromatic N) is 2. The molecule has 26 heavy (non-hydrogen) atoms. The second-order valence-electron chi connectivity index (χ2n) is 8.13. The number of ether oxygens (including phenoxy) is 1. The first-order chi connectivity index (χ1) is 12.6. The predicted molar refractivity (Wildman–Crippen MR) is 107 cm³/mol. The number of likely N-dealkylation sites (N-methyl/N-ethyl adjacent to an activating group) is 1. The monoisotopic (exact) mass is 350 g/mol. The van der Waals surface area contributed by atoms with Crippen molar-refractivity contribution >= 4 is 0 Å². The van der Waals surface area contributed by atoms with E-state index in [1.807, 2.05) is 0 Å². The molecule has 0 aliphatic carbocycles. The number of hydrogen-bond acceptors (Lipinski definition) is 3. The summed E-state index contributed by atoms with van der Waals surface area (Å²) in [5.74, 6) is 1.49. The second-order valence-corrected chi connectivity index (χ2v) is 8.13. The van der Waals surface area contributed by atoms with E-state index in [4.69, 9.17) is 4.74 Å². The summed E-state index contributed by atoms with van der Waals surface area (Å²) in [6.07, 6.45) is 1.28.